The van der Waals surface area contributed by atoms with Gasteiger partial charge in [0, 0.05) is 32.7 Å². The summed E-state index contributed by atoms with van der Waals surface area (Å²) < 4.78 is 37.0. The first-order valence-electron chi connectivity index (χ1n) is 8.03. The van der Waals surface area contributed by atoms with E-state index in [1.54, 1.807) is 6.20 Å². The van der Waals surface area contributed by atoms with Crippen molar-refractivity contribution in [3.8, 4) is 0 Å². The number of aromatic amines is 1. The third kappa shape index (κ3) is 3.77. The minimum Gasteiger partial charge on any atom is -0.356 e. The van der Waals surface area contributed by atoms with Gasteiger partial charge in [-0.15, -0.1) is 0 Å². The molecule has 0 aliphatic carbocycles. The summed E-state index contributed by atoms with van der Waals surface area (Å²) in [7, 11) is 1.98. The van der Waals surface area contributed by atoms with E-state index in [2.05, 4.69) is 25.1 Å². The zero-order valence-electron chi connectivity index (χ0n) is 13.8. The molecular weight excluding hydrogens is 321 g/mol. The maximum absolute atomic E-state index is 12.3. The Morgan fingerprint density at radius 1 is 1.29 bits per heavy atom. The fourth-order valence-electron chi connectivity index (χ4n) is 3.19. The molecule has 2 aromatic rings. The highest BCUT2D eigenvalue weighted by atomic mass is 19.4. The van der Waals surface area contributed by atoms with E-state index in [0.717, 1.165) is 24.0 Å². The molecule has 0 bridgehead atoms. The number of hydrogen-bond donors (Lipinski definition) is 1. The van der Waals surface area contributed by atoms with E-state index in [1.165, 1.54) is 0 Å². The van der Waals surface area contributed by atoms with Crippen LogP contribution in [0.15, 0.2) is 6.20 Å². The van der Waals surface area contributed by atoms with E-state index in [0.29, 0.717) is 24.6 Å². The number of piperidine rings is 1. The van der Waals surface area contributed by atoms with Crippen LogP contribution in [0.3, 0.4) is 0 Å². The first-order chi connectivity index (χ1) is 11.3. The number of alkyl halides is 3. The summed E-state index contributed by atoms with van der Waals surface area (Å²) in [6.07, 6.45) is -1.49. The second-order valence-corrected chi connectivity index (χ2v) is 6.28. The maximum atomic E-state index is 12.3. The Balaban J connectivity index is 1.64. The number of fused-ring (bicyclic) bond motifs is 1. The quantitative estimate of drug-likeness (QED) is 0.925. The van der Waals surface area contributed by atoms with Crippen molar-refractivity contribution in [2.24, 2.45) is 0 Å². The van der Waals surface area contributed by atoms with Crippen molar-refractivity contribution in [3.05, 3.63) is 12.0 Å². The lowest BCUT2D eigenvalue weighted by atomic mass is 10.0. The monoisotopic (exact) mass is 342 g/mol. The third-order valence-electron chi connectivity index (χ3n) is 4.55. The van der Waals surface area contributed by atoms with Crippen molar-refractivity contribution in [2.75, 3.05) is 31.6 Å². The van der Waals surface area contributed by atoms with Gasteiger partial charge in [0.25, 0.3) is 0 Å². The molecule has 0 amide bonds. The van der Waals surface area contributed by atoms with Gasteiger partial charge in [0.1, 0.15) is 11.6 Å². The molecule has 132 valence electrons. The molecule has 1 aliphatic rings. The maximum Gasteiger partial charge on any atom is 0.390 e. The summed E-state index contributed by atoms with van der Waals surface area (Å²) in [5, 5.41) is 7.74. The van der Waals surface area contributed by atoms with Crippen LogP contribution >= 0.6 is 0 Å². The summed E-state index contributed by atoms with van der Waals surface area (Å²) in [5.41, 5.74) is 0.701. The first kappa shape index (κ1) is 16.9. The van der Waals surface area contributed by atoms with Crippen LogP contribution in [0, 0.1) is 6.92 Å². The Morgan fingerprint density at radius 3 is 2.67 bits per heavy atom. The van der Waals surface area contributed by atoms with Gasteiger partial charge < -0.3 is 9.80 Å². The number of rotatable bonds is 4. The molecule has 1 aliphatic heterocycles. The van der Waals surface area contributed by atoms with Crippen molar-refractivity contribution in [1.29, 1.82) is 0 Å². The van der Waals surface area contributed by atoms with E-state index in [1.807, 2.05) is 18.9 Å². The van der Waals surface area contributed by atoms with E-state index in [9.17, 15) is 13.2 Å². The summed E-state index contributed by atoms with van der Waals surface area (Å²) in [6, 6.07) is 0.250. The van der Waals surface area contributed by atoms with Gasteiger partial charge in [-0.05, 0) is 19.8 Å². The van der Waals surface area contributed by atoms with Crippen LogP contribution in [0.25, 0.3) is 11.0 Å². The molecule has 0 atom stereocenters. The van der Waals surface area contributed by atoms with E-state index >= 15 is 0 Å². The number of halogens is 3. The fourth-order valence-corrected chi connectivity index (χ4v) is 3.19. The Bertz CT molecular complexity index is 690. The Kier molecular flexibility index (Phi) is 4.62. The summed E-state index contributed by atoms with van der Waals surface area (Å²) in [5.74, 6) is 1.48. The average molecular weight is 342 g/mol. The Morgan fingerprint density at radius 2 is 2.00 bits per heavy atom. The van der Waals surface area contributed by atoms with Crippen molar-refractivity contribution < 1.29 is 13.2 Å². The van der Waals surface area contributed by atoms with Crippen LogP contribution < -0.4 is 4.90 Å². The van der Waals surface area contributed by atoms with Gasteiger partial charge in [-0.3, -0.25) is 5.10 Å². The van der Waals surface area contributed by atoms with Crippen LogP contribution in [0.4, 0.5) is 19.0 Å². The van der Waals surface area contributed by atoms with Gasteiger partial charge in [0.15, 0.2) is 5.65 Å². The topological polar surface area (TPSA) is 60.9 Å². The summed E-state index contributed by atoms with van der Waals surface area (Å²) in [4.78, 5) is 12.8. The number of aryl methyl sites for hydroxylation is 1. The molecule has 0 radical (unpaired) electrons. The standard InChI is InChI=1S/C15H21F3N6/c1-10-20-13-12(9-19-22-13)14(21-10)23(2)11-3-6-24(7-4-11)8-5-15(16,17)18/h9,11H,3-8H2,1-2H3,(H,19,20,21,22). The molecule has 1 N–H and O–H groups in total. The molecule has 6 nitrogen and oxygen atoms in total. The van der Waals surface area contributed by atoms with E-state index in [-0.39, 0.29) is 12.6 Å². The number of anilines is 1. The number of nitrogens with zero attached hydrogens (tertiary/aromatic N) is 5. The number of likely N-dealkylation sites (tertiary alicyclic amines) is 1. The largest absolute Gasteiger partial charge is 0.390 e. The van der Waals surface area contributed by atoms with Crippen molar-refractivity contribution in [2.45, 2.75) is 38.4 Å². The van der Waals surface area contributed by atoms with Gasteiger partial charge in [0.2, 0.25) is 0 Å². The Labute approximate surface area is 138 Å². The highest BCUT2D eigenvalue weighted by molar-refractivity contribution is 5.86. The van der Waals surface area contributed by atoms with Gasteiger partial charge >= 0.3 is 6.18 Å². The lowest BCUT2D eigenvalue weighted by molar-refractivity contribution is -0.138. The highest BCUT2D eigenvalue weighted by Gasteiger charge is 2.30. The van der Waals surface area contributed by atoms with Crippen LogP contribution in [0.2, 0.25) is 0 Å². The lowest BCUT2D eigenvalue weighted by Crippen LogP contribution is -2.44. The van der Waals surface area contributed by atoms with Crippen molar-refractivity contribution in [3.63, 3.8) is 0 Å². The normalized spacial score (nSPS) is 17.5. The van der Waals surface area contributed by atoms with Crippen LogP contribution in [-0.2, 0) is 0 Å². The highest BCUT2D eigenvalue weighted by Crippen LogP contribution is 2.27. The molecule has 3 rings (SSSR count). The second kappa shape index (κ2) is 6.54. The minimum absolute atomic E-state index is 0.0819. The van der Waals surface area contributed by atoms with Gasteiger partial charge in [-0.1, -0.05) is 0 Å². The van der Waals surface area contributed by atoms with Crippen LogP contribution in [-0.4, -0.2) is 64.0 Å². The summed E-state index contributed by atoms with van der Waals surface area (Å²) in [6.45, 7) is 3.25. The number of hydrogen-bond acceptors (Lipinski definition) is 5. The van der Waals surface area contributed by atoms with Crippen molar-refractivity contribution in [1.82, 2.24) is 25.1 Å². The number of aromatic nitrogens is 4. The lowest BCUT2D eigenvalue weighted by Gasteiger charge is -2.37. The molecule has 1 fully saturated rings. The molecule has 2 aromatic heterocycles. The molecule has 0 unspecified atom stereocenters. The minimum atomic E-state index is -4.08. The molecule has 3 heterocycles. The van der Waals surface area contributed by atoms with Crippen LogP contribution in [0.1, 0.15) is 25.1 Å². The molecule has 0 spiro atoms. The first-order valence-corrected chi connectivity index (χ1v) is 8.03. The van der Waals surface area contributed by atoms with Crippen molar-refractivity contribution >= 4 is 16.9 Å². The second-order valence-electron chi connectivity index (χ2n) is 6.28. The summed E-state index contributed by atoms with van der Waals surface area (Å²) >= 11 is 0. The predicted octanol–water partition coefficient (Wildman–Crippen LogP) is 2.51. The molecule has 0 aromatic carbocycles. The van der Waals surface area contributed by atoms with Gasteiger partial charge in [0.05, 0.1) is 18.0 Å². The predicted molar refractivity (Wildman–Crippen MR) is 85.0 cm³/mol. The number of nitrogens with one attached hydrogen (secondary N) is 1. The third-order valence-corrected chi connectivity index (χ3v) is 4.55. The molecule has 24 heavy (non-hydrogen) atoms. The van der Waals surface area contributed by atoms with Gasteiger partial charge in [-0.25, -0.2) is 9.97 Å². The van der Waals surface area contributed by atoms with E-state index in [4.69, 9.17) is 0 Å². The SMILES string of the molecule is Cc1nc(N(C)C2CCN(CCC(F)(F)F)CC2)c2cn[nH]c2n1. The zero-order valence-corrected chi connectivity index (χ0v) is 13.8. The molecule has 0 saturated carbocycles. The smallest absolute Gasteiger partial charge is 0.356 e. The molecular formula is C15H21F3N6. The van der Waals surface area contributed by atoms with E-state index < -0.39 is 12.6 Å². The zero-order chi connectivity index (χ0) is 17.3. The number of H-pyrrole nitrogens is 1. The van der Waals surface area contributed by atoms with Crippen LogP contribution in [0.5, 0.6) is 0 Å². The molecule has 9 heteroatoms. The fraction of sp³-hybridized carbons (Fsp3) is 0.667. The van der Waals surface area contributed by atoms with Gasteiger partial charge in [-0.2, -0.15) is 18.3 Å². The average Bonchev–Trinajstić information content (AvgIpc) is 2.99. The Hall–Kier alpha value is -1.90. The molecule has 1 saturated heterocycles.